The van der Waals surface area contributed by atoms with Crippen LogP contribution in [-0.4, -0.2) is 36.4 Å². The van der Waals surface area contributed by atoms with Gasteiger partial charge in [0.05, 0.1) is 0 Å². The molecular weight excluding hydrogens is 328 g/mol. The first-order valence-electron chi connectivity index (χ1n) is 9.02. The van der Waals surface area contributed by atoms with Crippen LogP contribution in [0.15, 0.2) is 48.7 Å². The first-order valence-corrected chi connectivity index (χ1v) is 9.02. The van der Waals surface area contributed by atoms with Crippen molar-refractivity contribution in [2.45, 2.75) is 25.8 Å². The van der Waals surface area contributed by atoms with E-state index in [1.54, 1.807) is 18.3 Å². The lowest BCUT2D eigenvalue weighted by atomic mass is 10.2. The summed E-state index contributed by atoms with van der Waals surface area (Å²) in [5.41, 5.74) is 1.63. The van der Waals surface area contributed by atoms with Crippen LogP contribution >= 0.6 is 0 Å². The van der Waals surface area contributed by atoms with Gasteiger partial charge >= 0.3 is 0 Å². The summed E-state index contributed by atoms with van der Waals surface area (Å²) < 4.78 is 0. The van der Waals surface area contributed by atoms with Gasteiger partial charge in [-0.1, -0.05) is 18.2 Å². The van der Waals surface area contributed by atoms with Gasteiger partial charge in [0.15, 0.2) is 0 Å². The summed E-state index contributed by atoms with van der Waals surface area (Å²) in [5.74, 6) is 0.727. The Balaban J connectivity index is 1.40. The highest BCUT2D eigenvalue weighted by molar-refractivity contribution is 5.94. The molecule has 2 aromatic rings. The topological polar surface area (TPSA) is 74.3 Å². The predicted octanol–water partition coefficient (Wildman–Crippen LogP) is 2.12. The second-order valence-electron chi connectivity index (χ2n) is 6.37. The zero-order valence-corrected chi connectivity index (χ0v) is 14.8. The molecular formula is C20H24N4O2. The van der Waals surface area contributed by atoms with Crippen molar-refractivity contribution in [2.75, 3.05) is 24.5 Å². The van der Waals surface area contributed by atoms with Crippen molar-refractivity contribution in [1.29, 1.82) is 0 Å². The van der Waals surface area contributed by atoms with Crippen LogP contribution in [0.4, 0.5) is 5.82 Å². The molecule has 0 bridgehead atoms. The lowest BCUT2D eigenvalue weighted by Gasteiger charge is -2.17. The number of hydrogen-bond acceptors (Lipinski definition) is 4. The third-order valence-electron chi connectivity index (χ3n) is 4.40. The molecule has 0 saturated carbocycles. The van der Waals surface area contributed by atoms with Crippen molar-refractivity contribution in [1.82, 2.24) is 15.6 Å². The second kappa shape index (κ2) is 8.99. The summed E-state index contributed by atoms with van der Waals surface area (Å²) >= 11 is 0. The van der Waals surface area contributed by atoms with Gasteiger partial charge in [-0.25, -0.2) is 4.98 Å². The summed E-state index contributed by atoms with van der Waals surface area (Å²) in [6.45, 7) is 2.87. The van der Waals surface area contributed by atoms with E-state index < -0.39 is 0 Å². The molecule has 1 saturated heterocycles. The van der Waals surface area contributed by atoms with E-state index in [0.29, 0.717) is 18.7 Å². The van der Waals surface area contributed by atoms with Crippen LogP contribution in [-0.2, 0) is 11.3 Å². The molecule has 1 aromatic carbocycles. The summed E-state index contributed by atoms with van der Waals surface area (Å²) in [4.78, 5) is 30.6. The number of anilines is 1. The summed E-state index contributed by atoms with van der Waals surface area (Å²) in [7, 11) is 0. The average Bonchev–Trinajstić information content (AvgIpc) is 3.22. The number of rotatable bonds is 7. The van der Waals surface area contributed by atoms with Crippen molar-refractivity contribution in [3.05, 3.63) is 59.8 Å². The van der Waals surface area contributed by atoms with E-state index in [4.69, 9.17) is 0 Å². The van der Waals surface area contributed by atoms with Gasteiger partial charge in [-0.3, -0.25) is 9.59 Å². The number of carbonyl (C=O) groups is 2. The monoisotopic (exact) mass is 352 g/mol. The maximum absolute atomic E-state index is 12.0. The fourth-order valence-electron chi connectivity index (χ4n) is 2.96. The maximum Gasteiger partial charge on any atom is 0.251 e. The highest BCUT2D eigenvalue weighted by Gasteiger charge is 2.13. The zero-order valence-electron chi connectivity index (χ0n) is 14.8. The fraction of sp³-hybridized carbons (Fsp3) is 0.350. The standard InChI is InChI=1S/C20H24N4O2/c25-19(9-11-22-20(26)17-6-2-1-3-7-17)23-15-16-8-10-21-18(14-16)24-12-4-5-13-24/h1-3,6-8,10,14H,4-5,9,11-13,15H2,(H,22,26)(H,23,25). The number of hydrogen-bond donors (Lipinski definition) is 2. The number of benzene rings is 1. The van der Waals surface area contributed by atoms with Crippen molar-refractivity contribution < 1.29 is 9.59 Å². The molecule has 2 amide bonds. The SMILES string of the molecule is O=C(CCNC(=O)c1ccccc1)NCc1ccnc(N2CCCC2)c1. The zero-order chi connectivity index (χ0) is 18.2. The molecule has 6 heteroatoms. The Hall–Kier alpha value is -2.89. The molecule has 26 heavy (non-hydrogen) atoms. The van der Waals surface area contributed by atoms with Crippen LogP contribution in [0.2, 0.25) is 0 Å². The van der Waals surface area contributed by atoms with E-state index in [0.717, 1.165) is 24.5 Å². The molecule has 1 aromatic heterocycles. The lowest BCUT2D eigenvalue weighted by molar-refractivity contribution is -0.121. The predicted molar refractivity (Wildman–Crippen MR) is 101 cm³/mol. The summed E-state index contributed by atoms with van der Waals surface area (Å²) in [5, 5.41) is 5.65. The van der Waals surface area contributed by atoms with Gasteiger partial charge < -0.3 is 15.5 Å². The quantitative estimate of drug-likeness (QED) is 0.800. The minimum absolute atomic E-state index is 0.0853. The van der Waals surface area contributed by atoms with Crippen LogP contribution in [0.1, 0.15) is 35.2 Å². The van der Waals surface area contributed by atoms with Crippen LogP contribution < -0.4 is 15.5 Å². The van der Waals surface area contributed by atoms with Crippen LogP contribution in [0.25, 0.3) is 0 Å². The molecule has 1 aliphatic heterocycles. The molecule has 0 radical (unpaired) electrons. The molecule has 0 spiro atoms. The third kappa shape index (κ3) is 5.05. The smallest absolute Gasteiger partial charge is 0.251 e. The van der Waals surface area contributed by atoms with E-state index in [1.807, 2.05) is 30.3 Å². The molecule has 2 N–H and O–H groups in total. The number of nitrogens with zero attached hydrogens (tertiary/aromatic N) is 2. The highest BCUT2D eigenvalue weighted by atomic mass is 16.2. The van der Waals surface area contributed by atoms with E-state index in [1.165, 1.54) is 12.8 Å². The Morgan fingerprint density at radius 3 is 2.58 bits per heavy atom. The third-order valence-corrected chi connectivity index (χ3v) is 4.40. The molecule has 0 atom stereocenters. The molecule has 1 aliphatic rings. The number of amides is 2. The minimum atomic E-state index is -0.164. The molecule has 0 unspecified atom stereocenters. The van der Waals surface area contributed by atoms with E-state index in [-0.39, 0.29) is 18.2 Å². The van der Waals surface area contributed by atoms with Gasteiger partial charge in [0.2, 0.25) is 5.91 Å². The minimum Gasteiger partial charge on any atom is -0.357 e. The van der Waals surface area contributed by atoms with E-state index >= 15 is 0 Å². The number of carbonyl (C=O) groups excluding carboxylic acids is 2. The Morgan fingerprint density at radius 2 is 1.81 bits per heavy atom. The Morgan fingerprint density at radius 1 is 1.04 bits per heavy atom. The van der Waals surface area contributed by atoms with Crippen LogP contribution in [0.5, 0.6) is 0 Å². The number of pyridine rings is 1. The lowest BCUT2D eigenvalue weighted by Crippen LogP contribution is -2.30. The average molecular weight is 352 g/mol. The second-order valence-corrected chi connectivity index (χ2v) is 6.37. The highest BCUT2D eigenvalue weighted by Crippen LogP contribution is 2.18. The number of aromatic nitrogens is 1. The Labute approximate surface area is 153 Å². The van der Waals surface area contributed by atoms with Crippen molar-refractivity contribution in [3.8, 4) is 0 Å². The first-order chi connectivity index (χ1) is 12.7. The summed E-state index contributed by atoms with van der Waals surface area (Å²) in [6, 6.07) is 12.9. The largest absolute Gasteiger partial charge is 0.357 e. The van der Waals surface area contributed by atoms with Gasteiger partial charge in [0.1, 0.15) is 5.82 Å². The summed E-state index contributed by atoms with van der Waals surface area (Å²) in [6.07, 6.45) is 4.45. The van der Waals surface area contributed by atoms with Gasteiger partial charge in [-0.15, -0.1) is 0 Å². The molecule has 3 rings (SSSR count). The fourth-order valence-corrected chi connectivity index (χ4v) is 2.96. The van der Waals surface area contributed by atoms with Gasteiger partial charge in [-0.2, -0.15) is 0 Å². The van der Waals surface area contributed by atoms with Crippen LogP contribution in [0.3, 0.4) is 0 Å². The van der Waals surface area contributed by atoms with Gasteiger partial charge in [0.25, 0.3) is 5.91 Å². The maximum atomic E-state index is 12.0. The Kier molecular flexibility index (Phi) is 6.19. The molecule has 0 aliphatic carbocycles. The van der Waals surface area contributed by atoms with Gasteiger partial charge in [-0.05, 0) is 42.7 Å². The normalized spacial score (nSPS) is 13.5. The van der Waals surface area contributed by atoms with E-state index in [2.05, 4.69) is 20.5 Å². The van der Waals surface area contributed by atoms with Crippen molar-refractivity contribution in [3.63, 3.8) is 0 Å². The molecule has 2 heterocycles. The van der Waals surface area contributed by atoms with Crippen molar-refractivity contribution in [2.24, 2.45) is 0 Å². The first kappa shape index (κ1) is 17.9. The van der Waals surface area contributed by atoms with E-state index in [9.17, 15) is 9.59 Å². The molecule has 1 fully saturated rings. The van der Waals surface area contributed by atoms with Crippen LogP contribution in [0, 0.1) is 0 Å². The molecule has 136 valence electrons. The van der Waals surface area contributed by atoms with Crippen molar-refractivity contribution >= 4 is 17.6 Å². The Bertz CT molecular complexity index is 742. The number of nitrogens with one attached hydrogen (secondary N) is 2. The van der Waals surface area contributed by atoms with Gasteiger partial charge in [0, 0.05) is 44.4 Å². The molecule has 6 nitrogen and oxygen atoms in total.